The molecule has 1 N–H and O–H groups in total. The van der Waals surface area contributed by atoms with Crippen LogP contribution in [-0.2, 0) is 16.0 Å². The van der Waals surface area contributed by atoms with Crippen LogP contribution in [0.15, 0.2) is 4.52 Å². The second-order valence-corrected chi connectivity index (χ2v) is 6.43. The maximum absolute atomic E-state index is 12.4. The predicted molar refractivity (Wildman–Crippen MR) is 102 cm³/mol. The number of halogens is 2. The number of aromatic nitrogens is 2. The SMILES string of the molecule is CCc1noc(C(C)N2CCN(C(=O)CC3COCCN3)CC2)n1.Cl.Cl. The standard InChI is InChI=1S/C16H27N5O3.2ClH/c1-3-14-18-16(24-19-14)12(2)20-5-7-21(8-6-20)15(22)10-13-11-23-9-4-17-13;;/h12-13,17H,3-11H2,1-2H3;2*1H. The van der Waals surface area contributed by atoms with E-state index in [1.165, 1.54) is 0 Å². The van der Waals surface area contributed by atoms with Crippen molar-refractivity contribution in [1.82, 2.24) is 25.3 Å². The number of hydrogen-bond acceptors (Lipinski definition) is 7. The van der Waals surface area contributed by atoms with Crippen LogP contribution in [0.2, 0.25) is 0 Å². The van der Waals surface area contributed by atoms with Crippen molar-refractivity contribution in [1.29, 1.82) is 0 Å². The third-order valence-electron chi connectivity index (χ3n) is 4.79. The number of morpholine rings is 1. The zero-order valence-corrected chi connectivity index (χ0v) is 17.0. The number of ether oxygens (including phenoxy) is 1. The fourth-order valence-electron chi connectivity index (χ4n) is 3.19. The molecule has 3 rings (SSSR count). The second kappa shape index (κ2) is 11.0. The highest BCUT2D eigenvalue weighted by atomic mass is 35.5. The van der Waals surface area contributed by atoms with E-state index in [-0.39, 0.29) is 42.8 Å². The van der Waals surface area contributed by atoms with Crippen LogP contribution in [0, 0.1) is 0 Å². The van der Waals surface area contributed by atoms with Gasteiger partial charge in [0, 0.05) is 51.6 Å². The minimum Gasteiger partial charge on any atom is -0.378 e. The van der Waals surface area contributed by atoms with E-state index in [0.717, 1.165) is 51.6 Å². The normalized spacial score (nSPS) is 22.2. The summed E-state index contributed by atoms with van der Waals surface area (Å²) in [7, 11) is 0. The summed E-state index contributed by atoms with van der Waals surface area (Å²) in [5.74, 6) is 1.61. The van der Waals surface area contributed by atoms with Crippen LogP contribution in [0.25, 0.3) is 0 Å². The molecule has 1 amide bonds. The summed E-state index contributed by atoms with van der Waals surface area (Å²) < 4.78 is 10.8. The average molecular weight is 410 g/mol. The Morgan fingerprint density at radius 1 is 1.31 bits per heavy atom. The molecule has 10 heteroatoms. The van der Waals surface area contributed by atoms with Gasteiger partial charge in [0.2, 0.25) is 11.8 Å². The number of aryl methyl sites for hydroxylation is 1. The van der Waals surface area contributed by atoms with Crippen molar-refractivity contribution in [2.24, 2.45) is 0 Å². The van der Waals surface area contributed by atoms with E-state index < -0.39 is 0 Å². The van der Waals surface area contributed by atoms with Crippen molar-refractivity contribution in [3.8, 4) is 0 Å². The summed E-state index contributed by atoms with van der Waals surface area (Å²) in [5, 5.41) is 7.30. The maximum Gasteiger partial charge on any atom is 0.243 e. The summed E-state index contributed by atoms with van der Waals surface area (Å²) in [6, 6.07) is 0.234. The number of rotatable bonds is 5. The van der Waals surface area contributed by atoms with E-state index in [1.54, 1.807) is 0 Å². The molecule has 2 unspecified atom stereocenters. The zero-order chi connectivity index (χ0) is 16.9. The fourth-order valence-corrected chi connectivity index (χ4v) is 3.19. The Morgan fingerprint density at radius 2 is 2.04 bits per heavy atom. The fraction of sp³-hybridized carbons (Fsp3) is 0.812. The Hall–Kier alpha value is -0.930. The Labute approximate surface area is 166 Å². The first-order valence-electron chi connectivity index (χ1n) is 8.82. The van der Waals surface area contributed by atoms with E-state index in [4.69, 9.17) is 9.26 Å². The van der Waals surface area contributed by atoms with Crippen LogP contribution in [0.3, 0.4) is 0 Å². The molecule has 150 valence electrons. The molecule has 0 saturated carbocycles. The van der Waals surface area contributed by atoms with Crippen molar-refractivity contribution >= 4 is 30.7 Å². The van der Waals surface area contributed by atoms with Crippen LogP contribution >= 0.6 is 24.8 Å². The van der Waals surface area contributed by atoms with Crippen LogP contribution in [0.1, 0.15) is 38.0 Å². The predicted octanol–water partition coefficient (Wildman–Crippen LogP) is 1.06. The van der Waals surface area contributed by atoms with Crippen molar-refractivity contribution < 1.29 is 14.1 Å². The molecule has 1 aromatic rings. The summed E-state index contributed by atoms with van der Waals surface area (Å²) in [6.45, 7) is 9.40. The highest BCUT2D eigenvalue weighted by molar-refractivity contribution is 5.85. The van der Waals surface area contributed by atoms with Crippen LogP contribution in [0.5, 0.6) is 0 Å². The lowest BCUT2D eigenvalue weighted by Crippen LogP contribution is -2.51. The highest BCUT2D eigenvalue weighted by Crippen LogP contribution is 2.20. The molecule has 2 aliphatic rings. The number of amides is 1. The minimum atomic E-state index is 0. The van der Waals surface area contributed by atoms with Crippen LogP contribution < -0.4 is 5.32 Å². The Morgan fingerprint density at radius 3 is 2.62 bits per heavy atom. The monoisotopic (exact) mass is 409 g/mol. The van der Waals surface area contributed by atoms with Gasteiger partial charge in [0.25, 0.3) is 0 Å². The number of hydrogen-bond donors (Lipinski definition) is 1. The summed E-state index contributed by atoms with van der Waals surface area (Å²) in [6.07, 6.45) is 1.29. The van der Waals surface area contributed by atoms with Crippen molar-refractivity contribution in [2.45, 2.75) is 38.8 Å². The number of piperazine rings is 1. The topological polar surface area (TPSA) is 83.7 Å². The van der Waals surface area contributed by atoms with Crippen LogP contribution in [-0.4, -0.2) is 77.8 Å². The lowest BCUT2D eigenvalue weighted by atomic mass is 10.1. The highest BCUT2D eigenvalue weighted by Gasteiger charge is 2.28. The van der Waals surface area contributed by atoms with Crippen molar-refractivity contribution in [2.75, 3.05) is 45.9 Å². The number of nitrogens with one attached hydrogen (secondary N) is 1. The van der Waals surface area contributed by atoms with Gasteiger partial charge in [0.05, 0.1) is 19.3 Å². The van der Waals surface area contributed by atoms with E-state index >= 15 is 0 Å². The van der Waals surface area contributed by atoms with Crippen LogP contribution in [0.4, 0.5) is 0 Å². The first-order valence-corrected chi connectivity index (χ1v) is 8.82. The van der Waals surface area contributed by atoms with Gasteiger partial charge >= 0.3 is 0 Å². The molecule has 8 nitrogen and oxygen atoms in total. The lowest BCUT2D eigenvalue weighted by molar-refractivity contribution is -0.134. The lowest BCUT2D eigenvalue weighted by Gasteiger charge is -2.37. The first-order chi connectivity index (χ1) is 11.7. The van der Waals surface area contributed by atoms with E-state index in [2.05, 4.69) is 27.3 Å². The Kier molecular flexibility index (Phi) is 9.81. The molecule has 0 radical (unpaired) electrons. The first kappa shape index (κ1) is 23.1. The third-order valence-corrected chi connectivity index (χ3v) is 4.79. The van der Waals surface area contributed by atoms with Gasteiger partial charge in [-0.3, -0.25) is 9.69 Å². The largest absolute Gasteiger partial charge is 0.378 e. The van der Waals surface area contributed by atoms with Gasteiger partial charge in [-0.15, -0.1) is 24.8 Å². The van der Waals surface area contributed by atoms with E-state index in [1.807, 2.05) is 11.8 Å². The summed E-state index contributed by atoms with van der Waals surface area (Å²) in [5.41, 5.74) is 0. The molecule has 2 atom stereocenters. The van der Waals surface area contributed by atoms with E-state index in [0.29, 0.717) is 18.9 Å². The third kappa shape index (κ3) is 5.79. The number of nitrogens with zero attached hydrogens (tertiary/aromatic N) is 4. The van der Waals surface area contributed by atoms with Gasteiger partial charge in [0.15, 0.2) is 5.82 Å². The Bertz CT molecular complexity index is 546. The van der Waals surface area contributed by atoms with Crippen molar-refractivity contribution in [3.63, 3.8) is 0 Å². The zero-order valence-electron chi connectivity index (χ0n) is 15.3. The smallest absolute Gasteiger partial charge is 0.243 e. The van der Waals surface area contributed by atoms with E-state index in [9.17, 15) is 4.79 Å². The maximum atomic E-state index is 12.4. The molecule has 0 spiro atoms. The molecular weight excluding hydrogens is 381 g/mol. The molecule has 1 aromatic heterocycles. The molecule has 0 aromatic carbocycles. The van der Waals surface area contributed by atoms with Gasteiger partial charge in [-0.25, -0.2) is 0 Å². The van der Waals surface area contributed by atoms with Gasteiger partial charge in [-0.05, 0) is 6.92 Å². The van der Waals surface area contributed by atoms with Crippen molar-refractivity contribution in [3.05, 3.63) is 11.7 Å². The van der Waals surface area contributed by atoms with Gasteiger partial charge < -0.3 is 19.5 Å². The molecule has 2 saturated heterocycles. The molecule has 2 fully saturated rings. The van der Waals surface area contributed by atoms with Gasteiger partial charge in [-0.1, -0.05) is 12.1 Å². The second-order valence-electron chi connectivity index (χ2n) is 6.43. The summed E-state index contributed by atoms with van der Waals surface area (Å²) in [4.78, 5) is 21.1. The average Bonchev–Trinajstić information content (AvgIpc) is 3.11. The molecule has 26 heavy (non-hydrogen) atoms. The molecule has 3 heterocycles. The summed E-state index contributed by atoms with van der Waals surface area (Å²) >= 11 is 0. The number of carbonyl (C=O) groups excluding carboxylic acids is 1. The minimum absolute atomic E-state index is 0. The molecule has 0 bridgehead atoms. The van der Waals surface area contributed by atoms with Gasteiger partial charge in [0.1, 0.15) is 0 Å². The molecular formula is C16H29Cl2N5O3. The Balaban J connectivity index is 0.00000169. The number of carbonyl (C=O) groups is 1. The molecule has 2 aliphatic heterocycles. The molecule has 0 aliphatic carbocycles. The van der Waals surface area contributed by atoms with Gasteiger partial charge in [-0.2, -0.15) is 4.98 Å². The quantitative estimate of drug-likeness (QED) is 0.777.